The molecule has 0 amide bonds. The minimum atomic E-state index is -0.200. The van der Waals surface area contributed by atoms with Crippen molar-refractivity contribution in [1.82, 2.24) is 5.32 Å². The lowest BCUT2D eigenvalue weighted by molar-refractivity contribution is 0.102. The van der Waals surface area contributed by atoms with Crippen molar-refractivity contribution in [2.24, 2.45) is 0 Å². The van der Waals surface area contributed by atoms with Gasteiger partial charge in [-0.1, -0.05) is 0 Å². The summed E-state index contributed by atoms with van der Waals surface area (Å²) in [4.78, 5) is 3.92. The molecule has 2 heterocycles. The second-order valence-corrected chi connectivity index (χ2v) is 5.02. The van der Waals surface area contributed by atoms with Crippen molar-refractivity contribution in [3.05, 3.63) is 24.0 Å². The first-order valence-corrected chi connectivity index (χ1v) is 6.96. The third kappa shape index (κ3) is 2.72. The molecule has 6 heteroatoms. The van der Waals surface area contributed by atoms with Gasteiger partial charge in [0.05, 0.1) is 25.5 Å². The molecule has 0 aliphatic carbocycles. The van der Waals surface area contributed by atoms with Crippen molar-refractivity contribution >= 4 is 11.4 Å². The predicted molar refractivity (Wildman–Crippen MR) is 75.6 cm³/mol. The van der Waals surface area contributed by atoms with Crippen LogP contribution in [0.5, 0.6) is 0 Å². The van der Waals surface area contributed by atoms with Crippen molar-refractivity contribution < 1.29 is 13.9 Å². The van der Waals surface area contributed by atoms with E-state index >= 15 is 0 Å². The van der Waals surface area contributed by atoms with Gasteiger partial charge in [-0.3, -0.25) is 5.32 Å². The van der Waals surface area contributed by atoms with Gasteiger partial charge < -0.3 is 19.3 Å². The quantitative estimate of drug-likeness (QED) is 0.894. The van der Waals surface area contributed by atoms with Gasteiger partial charge in [0.1, 0.15) is 5.82 Å². The van der Waals surface area contributed by atoms with Crippen LogP contribution < -0.4 is 15.1 Å². The van der Waals surface area contributed by atoms with E-state index in [-0.39, 0.29) is 12.2 Å². The normalized spacial score (nSPS) is 23.1. The molecule has 0 aromatic heterocycles. The SMILES string of the molecule is CN(c1ccc(N2CCOCC2)c(F)c1)[C@@H]1NCCO1. The van der Waals surface area contributed by atoms with E-state index in [4.69, 9.17) is 9.47 Å². The number of anilines is 2. The lowest BCUT2D eigenvalue weighted by Gasteiger charge is -2.30. The van der Waals surface area contributed by atoms with Crippen LogP contribution >= 0.6 is 0 Å². The molecule has 2 aliphatic rings. The minimum absolute atomic E-state index is 0.177. The van der Waals surface area contributed by atoms with Crippen LogP contribution in [0.4, 0.5) is 15.8 Å². The van der Waals surface area contributed by atoms with Gasteiger partial charge in [0.25, 0.3) is 0 Å². The highest BCUT2D eigenvalue weighted by Gasteiger charge is 2.21. The summed E-state index contributed by atoms with van der Waals surface area (Å²) in [5.41, 5.74) is 1.45. The molecule has 20 heavy (non-hydrogen) atoms. The fourth-order valence-corrected chi connectivity index (χ4v) is 2.57. The summed E-state index contributed by atoms with van der Waals surface area (Å²) in [5, 5.41) is 3.21. The fourth-order valence-electron chi connectivity index (χ4n) is 2.57. The van der Waals surface area contributed by atoms with E-state index in [9.17, 15) is 4.39 Å². The smallest absolute Gasteiger partial charge is 0.186 e. The van der Waals surface area contributed by atoms with Gasteiger partial charge >= 0.3 is 0 Å². The van der Waals surface area contributed by atoms with Crippen molar-refractivity contribution in [3.8, 4) is 0 Å². The van der Waals surface area contributed by atoms with Crippen LogP contribution in [0.1, 0.15) is 0 Å². The van der Waals surface area contributed by atoms with Crippen LogP contribution in [0.2, 0.25) is 0 Å². The second-order valence-electron chi connectivity index (χ2n) is 5.02. The van der Waals surface area contributed by atoms with Crippen molar-refractivity contribution in [3.63, 3.8) is 0 Å². The van der Waals surface area contributed by atoms with Gasteiger partial charge in [-0.05, 0) is 18.2 Å². The van der Waals surface area contributed by atoms with E-state index in [2.05, 4.69) is 5.32 Å². The number of nitrogens with zero attached hydrogens (tertiary/aromatic N) is 2. The molecule has 2 saturated heterocycles. The van der Waals surface area contributed by atoms with Crippen LogP contribution in [-0.2, 0) is 9.47 Å². The molecule has 2 aliphatic heterocycles. The van der Waals surface area contributed by atoms with Crippen molar-refractivity contribution in [2.75, 3.05) is 56.3 Å². The van der Waals surface area contributed by atoms with Crippen LogP contribution in [0.25, 0.3) is 0 Å². The first-order chi connectivity index (χ1) is 9.75. The molecule has 1 aromatic rings. The molecule has 110 valence electrons. The van der Waals surface area contributed by atoms with Crippen molar-refractivity contribution in [1.29, 1.82) is 0 Å². The zero-order valence-electron chi connectivity index (χ0n) is 11.6. The Hall–Kier alpha value is -1.37. The summed E-state index contributed by atoms with van der Waals surface area (Å²) >= 11 is 0. The number of hydrogen-bond donors (Lipinski definition) is 1. The largest absolute Gasteiger partial charge is 0.378 e. The molecule has 0 radical (unpaired) electrons. The molecule has 1 N–H and O–H groups in total. The Morgan fingerprint density at radius 1 is 1.30 bits per heavy atom. The molecular formula is C14H20FN3O2. The maximum Gasteiger partial charge on any atom is 0.186 e. The maximum absolute atomic E-state index is 14.3. The standard InChI is InChI=1S/C14H20FN3O2/c1-17(14-16-4-7-20-14)11-2-3-13(12(15)10-11)18-5-8-19-9-6-18/h2-3,10,14,16H,4-9H2,1H3/t14-/m0/s1. The van der Waals surface area contributed by atoms with Crippen molar-refractivity contribution in [2.45, 2.75) is 6.35 Å². The molecule has 2 fully saturated rings. The summed E-state index contributed by atoms with van der Waals surface area (Å²) < 4.78 is 25.1. The first-order valence-electron chi connectivity index (χ1n) is 6.96. The van der Waals surface area contributed by atoms with Gasteiger partial charge in [0.15, 0.2) is 6.35 Å². The van der Waals surface area contributed by atoms with E-state index in [1.54, 1.807) is 6.07 Å². The molecule has 3 rings (SSSR count). The number of rotatable bonds is 3. The van der Waals surface area contributed by atoms with Gasteiger partial charge in [0.2, 0.25) is 0 Å². The molecule has 5 nitrogen and oxygen atoms in total. The number of halogens is 1. The Kier molecular flexibility index (Phi) is 4.05. The Balaban J connectivity index is 1.75. The van der Waals surface area contributed by atoms with Crippen LogP contribution in [0.15, 0.2) is 18.2 Å². The average molecular weight is 281 g/mol. The number of benzene rings is 1. The van der Waals surface area contributed by atoms with Crippen LogP contribution in [0.3, 0.4) is 0 Å². The van der Waals surface area contributed by atoms with E-state index in [0.29, 0.717) is 25.5 Å². The highest BCUT2D eigenvalue weighted by Crippen LogP contribution is 2.26. The topological polar surface area (TPSA) is 37.0 Å². The zero-order chi connectivity index (χ0) is 13.9. The molecule has 0 saturated carbocycles. The fraction of sp³-hybridized carbons (Fsp3) is 0.571. The summed E-state index contributed by atoms with van der Waals surface area (Å²) in [6.07, 6.45) is -0.177. The Bertz CT molecular complexity index is 460. The highest BCUT2D eigenvalue weighted by atomic mass is 19.1. The Morgan fingerprint density at radius 2 is 2.10 bits per heavy atom. The lowest BCUT2D eigenvalue weighted by Crippen LogP contribution is -2.40. The van der Waals surface area contributed by atoms with E-state index in [0.717, 1.165) is 25.3 Å². The van der Waals surface area contributed by atoms with Crippen LogP contribution in [-0.4, -0.2) is 52.9 Å². The predicted octanol–water partition coefficient (Wildman–Crippen LogP) is 1.00. The summed E-state index contributed by atoms with van der Waals surface area (Å²) in [6.45, 7) is 4.29. The van der Waals surface area contributed by atoms with Gasteiger partial charge in [0, 0.05) is 32.4 Å². The molecule has 0 bridgehead atoms. The lowest BCUT2D eigenvalue weighted by atomic mass is 10.2. The summed E-state index contributed by atoms with van der Waals surface area (Å²) in [7, 11) is 1.90. The zero-order valence-corrected chi connectivity index (χ0v) is 11.6. The molecule has 0 spiro atoms. The minimum Gasteiger partial charge on any atom is -0.378 e. The van der Waals surface area contributed by atoms with E-state index in [1.165, 1.54) is 0 Å². The summed E-state index contributed by atoms with van der Waals surface area (Å²) in [6, 6.07) is 5.33. The summed E-state index contributed by atoms with van der Waals surface area (Å²) in [5.74, 6) is -0.200. The number of hydrogen-bond acceptors (Lipinski definition) is 5. The number of ether oxygens (including phenoxy) is 2. The van der Waals surface area contributed by atoms with Crippen LogP contribution in [0, 0.1) is 5.82 Å². The number of nitrogens with one attached hydrogen (secondary N) is 1. The molecule has 1 atom stereocenters. The van der Waals surface area contributed by atoms with Gasteiger partial charge in [-0.25, -0.2) is 4.39 Å². The van der Waals surface area contributed by atoms with Gasteiger partial charge in [-0.2, -0.15) is 0 Å². The molecule has 0 unspecified atom stereocenters. The Labute approximate surface area is 118 Å². The van der Waals surface area contributed by atoms with Gasteiger partial charge in [-0.15, -0.1) is 0 Å². The first kappa shape index (κ1) is 13.6. The molecule has 1 aromatic carbocycles. The van der Waals surface area contributed by atoms with E-state index < -0.39 is 0 Å². The molecular weight excluding hydrogens is 261 g/mol. The maximum atomic E-state index is 14.3. The number of morpholine rings is 1. The Morgan fingerprint density at radius 3 is 2.75 bits per heavy atom. The highest BCUT2D eigenvalue weighted by molar-refractivity contribution is 5.57. The third-order valence-electron chi connectivity index (χ3n) is 3.74. The monoisotopic (exact) mass is 281 g/mol. The average Bonchev–Trinajstić information content (AvgIpc) is 3.01. The van der Waals surface area contributed by atoms with E-state index in [1.807, 2.05) is 29.0 Å². The third-order valence-corrected chi connectivity index (χ3v) is 3.74. The second kappa shape index (κ2) is 5.95.